The Labute approximate surface area is 185 Å². The summed E-state index contributed by atoms with van der Waals surface area (Å²) in [7, 11) is -2.01. The number of aryl methyl sites for hydroxylation is 1. The van der Waals surface area contributed by atoms with Gasteiger partial charge in [-0.05, 0) is 48.6 Å². The maximum absolute atomic E-state index is 14.0. The zero-order valence-corrected chi connectivity index (χ0v) is 19.4. The number of fused-ring (bicyclic) bond motifs is 1. The first-order valence-electron chi connectivity index (χ1n) is 9.52. The van der Waals surface area contributed by atoms with E-state index < -0.39 is 40.2 Å². The molecule has 1 aliphatic rings. The molecule has 0 bridgehead atoms. The van der Waals surface area contributed by atoms with Crippen LogP contribution in [0, 0.1) is 6.92 Å². The van der Waals surface area contributed by atoms with Crippen molar-refractivity contribution in [2.45, 2.75) is 55.7 Å². The standard InChI is InChI=1S/C22H24BrF3O3S/c1-14-4-6-17(7-5-14)30(28)13-21(27,22(24,25)26)12-20(2,3)18-11-16(23)10-15-8-9-29-19(15)18/h4-7,10-11,27H,8-9,12-13H2,1-3H3/t21?,30-/m1/s1. The number of alkyl halides is 3. The summed E-state index contributed by atoms with van der Waals surface area (Å²) in [5.41, 5.74) is -1.79. The van der Waals surface area contributed by atoms with Crippen molar-refractivity contribution in [2.24, 2.45) is 0 Å². The van der Waals surface area contributed by atoms with Gasteiger partial charge in [0.2, 0.25) is 0 Å². The second-order valence-corrected chi connectivity index (χ2v) is 10.8. The number of halogens is 4. The average Bonchev–Trinajstić information content (AvgIpc) is 3.08. The first kappa shape index (κ1) is 23.3. The quantitative estimate of drug-likeness (QED) is 0.567. The first-order valence-corrected chi connectivity index (χ1v) is 11.6. The van der Waals surface area contributed by atoms with Crippen LogP contribution in [-0.2, 0) is 22.6 Å². The van der Waals surface area contributed by atoms with Crippen molar-refractivity contribution in [3.8, 4) is 5.75 Å². The van der Waals surface area contributed by atoms with Crippen LogP contribution in [0.4, 0.5) is 13.2 Å². The van der Waals surface area contributed by atoms with Gasteiger partial charge in [-0.3, -0.25) is 4.21 Å². The van der Waals surface area contributed by atoms with Crippen molar-refractivity contribution in [1.29, 1.82) is 0 Å². The Kier molecular flexibility index (Phi) is 6.43. The lowest BCUT2D eigenvalue weighted by Crippen LogP contribution is -2.53. The Morgan fingerprint density at radius 2 is 1.80 bits per heavy atom. The number of aliphatic hydroxyl groups is 1. The molecule has 1 aliphatic heterocycles. The topological polar surface area (TPSA) is 46.5 Å². The molecule has 30 heavy (non-hydrogen) atoms. The van der Waals surface area contributed by atoms with Crippen LogP contribution in [0.2, 0.25) is 0 Å². The Morgan fingerprint density at radius 1 is 1.17 bits per heavy atom. The highest BCUT2D eigenvalue weighted by Crippen LogP contribution is 2.46. The van der Waals surface area contributed by atoms with Gasteiger partial charge in [0.1, 0.15) is 5.75 Å². The summed E-state index contributed by atoms with van der Waals surface area (Å²) in [6.45, 7) is 5.58. The second-order valence-electron chi connectivity index (χ2n) is 8.43. The predicted octanol–water partition coefficient (Wildman–Crippen LogP) is 5.46. The van der Waals surface area contributed by atoms with Crippen LogP contribution >= 0.6 is 15.9 Å². The summed E-state index contributed by atoms with van der Waals surface area (Å²) in [4.78, 5) is 0.257. The minimum Gasteiger partial charge on any atom is -0.493 e. The third-order valence-corrected chi connectivity index (χ3v) is 7.39. The molecule has 1 unspecified atom stereocenters. The highest BCUT2D eigenvalue weighted by molar-refractivity contribution is 9.10. The minimum absolute atomic E-state index is 0.257. The Morgan fingerprint density at radius 3 is 2.40 bits per heavy atom. The van der Waals surface area contributed by atoms with E-state index in [2.05, 4.69) is 15.9 Å². The van der Waals surface area contributed by atoms with Gasteiger partial charge in [-0.25, -0.2) is 0 Å². The molecule has 0 saturated carbocycles. The average molecular weight is 505 g/mol. The summed E-state index contributed by atoms with van der Waals surface area (Å²) in [6.07, 6.45) is -4.91. The molecular formula is C22H24BrF3O3S. The van der Waals surface area contributed by atoms with E-state index >= 15 is 0 Å². The van der Waals surface area contributed by atoms with E-state index in [0.29, 0.717) is 24.3 Å². The molecule has 2 aromatic rings. The molecular weight excluding hydrogens is 481 g/mol. The molecule has 3 rings (SSSR count). The van der Waals surface area contributed by atoms with Crippen LogP contribution in [0.5, 0.6) is 5.75 Å². The first-order chi connectivity index (χ1) is 13.8. The molecule has 0 saturated heterocycles. The van der Waals surface area contributed by atoms with E-state index in [-0.39, 0.29) is 4.90 Å². The lowest BCUT2D eigenvalue weighted by molar-refractivity contribution is -0.257. The lowest BCUT2D eigenvalue weighted by atomic mass is 9.74. The molecule has 1 heterocycles. The fourth-order valence-corrected chi connectivity index (χ4v) is 5.63. The highest BCUT2D eigenvalue weighted by atomic mass is 79.9. The van der Waals surface area contributed by atoms with Crippen molar-refractivity contribution >= 4 is 26.7 Å². The van der Waals surface area contributed by atoms with Crippen LogP contribution < -0.4 is 4.74 Å². The molecule has 2 atom stereocenters. The van der Waals surface area contributed by atoms with Gasteiger partial charge < -0.3 is 9.84 Å². The van der Waals surface area contributed by atoms with E-state index in [1.54, 1.807) is 32.0 Å². The summed E-state index contributed by atoms with van der Waals surface area (Å²) in [6, 6.07) is 10.1. The highest BCUT2D eigenvalue weighted by Gasteiger charge is 2.57. The largest absolute Gasteiger partial charge is 0.493 e. The molecule has 2 aromatic carbocycles. The summed E-state index contributed by atoms with van der Waals surface area (Å²) in [5, 5.41) is 10.8. The molecule has 0 fully saturated rings. The zero-order valence-electron chi connectivity index (χ0n) is 17.0. The zero-order chi connectivity index (χ0) is 22.3. The van der Waals surface area contributed by atoms with Crippen LogP contribution in [0.3, 0.4) is 0 Å². The Balaban J connectivity index is 1.94. The molecule has 1 N–H and O–H groups in total. The molecule has 0 spiro atoms. The number of benzene rings is 2. The Bertz CT molecular complexity index is 957. The van der Waals surface area contributed by atoms with Gasteiger partial charge >= 0.3 is 6.18 Å². The van der Waals surface area contributed by atoms with E-state index in [0.717, 1.165) is 15.6 Å². The van der Waals surface area contributed by atoms with Crippen LogP contribution in [0.1, 0.15) is 37.0 Å². The van der Waals surface area contributed by atoms with Gasteiger partial charge in [-0.2, -0.15) is 13.2 Å². The number of hydrogen-bond acceptors (Lipinski definition) is 3. The van der Waals surface area contributed by atoms with Gasteiger partial charge in [0.25, 0.3) is 0 Å². The fourth-order valence-electron chi connectivity index (χ4n) is 3.82. The predicted molar refractivity (Wildman–Crippen MR) is 114 cm³/mol. The van der Waals surface area contributed by atoms with Crippen LogP contribution in [-0.4, -0.2) is 33.5 Å². The molecule has 8 heteroatoms. The molecule has 0 aromatic heterocycles. The molecule has 164 valence electrons. The summed E-state index contributed by atoms with van der Waals surface area (Å²) >= 11 is 3.42. The van der Waals surface area contributed by atoms with E-state index in [4.69, 9.17) is 4.74 Å². The van der Waals surface area contributed by atoms with Crippen LogP contribution in [0.15, 0.2) is 45.8 Å². The lowest BCUT2D eigenvalue weighted by Gasteiger charge is -2.38. The molecule has 0 aliphatic carbocycles. The third kappa shape index (κ3) is 4.75. The SMILES string of the molecule is Cc1ccc([S@](=O)CC(O)(CC(C)(C)c2cc(Br)cc3c2OCC3)C(F)(F)F)cc1. The van der Waals surface area contributed by atoms with Crippen LogP contribution in [0.25, 0.3) is 0 Å². The van der Waals surface area contributed by atoms with E-state index in [9.17, 15) is 22.5 Å². The monoisotopic (exact) mass is 504 g/mol. The maximum atomic E-state index is 14.0. The number of hydrogen-bond donors (Lipinski definition) is 1. The van der Waals surface area contributed by atoms with Crippen molar-refractivity contribution in [3.05, 3.63) is 57.6 Å². The number of rotatable bonds is 6. The van der Waals surface area contributed by atoms with Crippen molar-refractivity contribution in [1.82, 2.24) is 0 Å². The van der Waals surface area contributed by atoms with E-state index in [1.165, 1.54) is 12.1 Å². The normalized spacial score (nSPS) is 17.2. The van der Waals surface area contributed by atoms with E-state index in [1.807, 2.05) is 13.0 Å². The van der Waals surface area contributed by atoms with Crippen molar-refractivity contribution in [3.63, 3.8) is 0 Å². The van der Waals surface area contributed by atoms with Gasteiger partial charge in [0, 0.05) is 21.4 Å². The smallest absolute Gasteiger partial charge is 0.418 e. The Hall–Kier alpha value is -1.38. The minimum atomic E-state index is -4.94. The molecule has 0 amide bonds. The molecule has 3 nitrogen and oxygen atoms in total. The third-order valence-electron chi connectivity index (χ3n) is 5.39. The van der Waals surface area contributed by atoms with Gasteiger partial charge in [0.15, 0.2) is 5.60 Å². The summed E-state index contributed by atoms with van der Waals surface area (Å²) < 4.78 is 61.2. The maximum Gasteiger partial charge on any atom is 0.418 e. The van der Waals surface area contributed by atoms with Gasteiger partial charge in [-0.15, -0.1) is 0 Å². The van der Waals surface area contributed by atoms with Gasteiger partial charge in [-0.1, -0.05) is 47.5 Å². The second kappa shape index (κ2) is 8.28. The molecule has 0 radical (unpaired) electrons. The fraction of sp³-hybridized carbons (Fsp3) is 0.455. The number of ether oxygens (including phenoxy) is 1. The van der Waals surface area contributed by atoms with Crippen molar-refractivity contribution < 1.29 is 27.2 Å². The van der Waals surface area contributed by atoms with Crippen molar-refractivity contribution in [2.75, 3.05) is 12.4 Å². The summed E-state index contributed by atoms with van der Waals surface area (Å²) in [5.74, 6) is -0.354. The van der Waals surface area contributed by atoms with Gasteiger partial charge in [0.05, 0.1) is 23.2 Å².